The van der Waals surface area contributed by atoms with E-state index in [0.717, 1.165) is 36.7 Å². The van der Waals surface area contributed by atoms with Crippen molar-refractivity contribution in [1.29, 1.82) is 0 Å². The average Bonchev–Trinajstić information content (AvgIpc) is 3.24. The number of amides is 2. The average molecular weight is 431 g/mol. The minimum atomic E-state index is -2.92. The summed E-state index contributed by atoms with van der Waals surface area (Å²) in [5.41, 5.74) is 2.65. The molecule has 2 aromatic rings. The van der Waals surface area contributed by atoms with E-state index in [2.05, 4.69) is 26.5 Å². The van der Waals surface area contributed by atoms with Crippen molar-refractivity contribution in [3.63, 3.8) is 0 Å². The molecular formula is C21H27F2N7O. The maximum Gasteiger partial charge on any atom is 0.320 e. The highest BCUT2D eigenvalue weighted by Gasteiger charge is 2.42. The summed E-state index contributed by atoms with van der Waals surface area (Å²) in [6.07, 6.45) is 9.59. The largest absolute Gasteiger partial charge is 0.321 e. The zero-order valence-electron chi connectivity index (χ0n) is 17.9. The first-order chi connectivity index (χ1) is 14.7. The second-order valence-electron chi connectivity index (χ2n) is 8.26. The van der Waals surface area contributed by atoms with Crippen LogP contribution in [-0.2, 0) is 7.05 Å². The number of aromatic nitrogens is 4. The number of nitrogens with zero attached hydrogens (tertiary/aromatic N) is 6. The Hall–Kier alpha value is -3.04. The third-order valence-corrected chi connectivity index (χ3v) is 5.68. The summed E-state index contributed by atoms with van der Waals surface area (Å²) in [5.74, 6) is -2.44. The Kier molecular flexibility index (Phi) is 5.63. The lowest BCUT2D eigenvalue weighted by Crippen LogP contribution is -2.52. The zero-order chi connectivity index (χ0) is 22.2. The van der Waals surface area contributed by atoms with E-state index in [9.17, 15) is 13.6 Å². The molecule has 2 unspecified atom stereocenters. The van der Waals surface area contributed by atoms with Gasteiger partial charge in [-0.1, -0.05) is 6.08 Å². The number of rotatable bonds is 6. The zero-order valence-corrected chi connectivity index (χ0v) is 17.9. The van der Waals surface area contributed by atoms with Crippen LogP contribution in [0, 0.1) is 0 Å². The van der Waals surface area contributed by atoms with Crippen LogP contribution in [0.5, 0.6) is 0 Å². The number of carbonyl (C=O) groups excluding carboxylic acids is 1. The van der Waals surface area contributed by atoms with Crippen molar-refractivity contribution in [3.8, 4) is 0 Å². The summed E-state index contributed by atoms with van der Waals surface area (Å²) in [6.45, 7) is 2.26. The highest BCUT2D eigenvalue weighted by atomic mass is 19.3. The summed E-state index contributed by atoms with van der Waals surface area (Å²) in [5, 5.41) is 7.26. The Balaban J connectivity index is 1.51. The SMILES string of the molecule is CCN(CC(C)(F)F)C(=O)N1C2C=C(c3ccnc(Nc4cnn(C)c4)n3)CC1CC2. The minimum absolute atomic E-state index is 0.0123. The predicted molar refractivity (Wildman–Crippen MR) is 113 cm³/mol. The molecule has 10 heteroatoms. The number of aryl methyl sites for hydroxylation is 1. The van der Waals surface area contributed by atoms with E-state index in [1.165, 1.54) is 4.90 Å². The van der Waals surface area contributed by atoms with Crippen LogP contribution in [0.2, 0.25) is 0 Å². The van der Waals surface area contributed by atoms with Crippen LogP contribution in [0.3, 0.4) is 0 Å². The molecule has 166 valence electrons. The van der Waals surface area contributed by atoms with E-state index in [4.69, 9.17) is 0 Å². The van der Waals surface area contributed by atoms with Gasteiger partial charge in [-0.2, -0.15) is 5.10 Å². The van der Waals surface area contributed by atoms with Crippen molar-refractivity contribution in [3.05, 3.63) is 36.4 Å². The Morgan fingerprint density at radius 3 is 2.84 bits per heavy atom. The Labute approximate surface area is 180 Å². The fourth-order valence-corrected chi connectivity index (χ4v) is 4.34. The molecular weight excluding hydrogens is 404 g/mol. The lowest BCUT2D eigenvalue weighted by atomic mass is 9.98. The molecule has 2 bridgehead atoms. The first kappa shape index (κ1) is 21.2. The molecule has 0 aromatic carbocycles. The molecule has 1 N–H and O–H groups in total. The van der Waals surface area contributed by atoms with Crippen molar-refractivity contribution in [2.24, 2.45) is 7.05 Å². The number of halogens is 2. The van der Waals surface area contributed by atoms with E-state index in [1.54, 1.807) is 28.9 Å². The van der Waals surface area contributed by atoms with Crippen LogP contribution in [0.15, 0.2) is 30.7 Å². The molecule has 4 heterocycles. The van der Waals surface area contributed by atoms with Crippen LogP contribution >= 0.6 is 0 Å². The molecule has 0 aliphatic carbocycles. The fourth-order valence-electron chi connectivity index (χ4n) is 4.34. The van der Waals surface area contributed by atoms with Crippen LogP contribution in [0.4, 0.5) is 25.2 Å². The lowest BCUT2D eigenvalue weighted by molar-refractivity contribution is -0.00866. The quantitative estimate of drug-likeness (QED) is 0.755. The van der Waals surface area contributed by atoms with Gasteiger partial charge in [0.05, 0.1) is 30.2 Å². The van der Waals surface area contributed by atoms with Crippen LogP contribution in [0.1, 0.15) is 38.8 Å². The van der Waals surface area contributed by atoms with Gasteiger partial charge in [0.25, 0.3) is 5.92 Å². The minimum Gasteiger partial charge on any atom is -0.321 e. The molecule has 2 atom stereocenters. The van der Waals surface area contributed by atoms with Crippen molar-refractivity contribution >= 4 is 23.2 Å². The molecule has 1 saturated heterocycles. The van der Waals surface area contributed by atoms with Crippen molar-refractivity contribution in [2.45, 2.75) is 51.1 Å². The van der Waals surface area contributed by atoms with Gasteiger partial charge in [-0.3, -0.25) is 4.68 Å². The van der Waals surface area contributed by atoms with Gasteiger partial charge in [-0.25, -0.2) is 23.5 Å². The first-order valence-electron chi connectivity index (χ1n) is 10.5. The molecule has 1 fully saturated rings. The van der Waals surface area contributed by atoms with Gasteiger partial charge in [0.2, 0.25) is 5.95 Å². The van der Waals surface area contributed by atoms with Gasteiger partial charge in [-0.15, -0.1) is 0 Å². The third-order valence-electron chi connectivity index (χ3n) is 5.68. The summed E-state index contributed by atoms with van der Waals surface area (Å²) in [4.78, 5) is 24.9. The molecule has 31 heavy (non-hydrogen) atoms. The van der Waals surface area contributed by atoms with E-state index >= 15 is 0 Å². The van der Waals surface area contributed by atoms with E-state index < -0.39 is 12.5 Å². The highest BCUT2D eigenvalue weighted by Crippen LogP contribution is 2.39. The lowest BCUT2D eigenvalue weighted by Gasteiger charge is -2.38. The molecule has 4 rings (SSSR count). The van der Waals surface area contributed by atoms with Gasteiger partial charge >= 0.3 is 6.03 Å². The summed E-state index contributed by atoms with van der Waals surface area (Å²) >= 11 is 0. The Bertz CT molecular complexity index is 984. The normalized spacial score (nSPS) is 20.5. The van der Waals surface area contributed by atoms with Gasteiger partial charge in [0.1, 0.15) is 0 Å². The maximum atomic E-state index is 13.5. The predicted octanol–water partition coefficient (Wildman–Crippen LogP) is 3.67. The van der Waals surface area contributed by atoms with E-state index in [-0.39, 0.29) is 24.7 Å². The molecule has 2 aromatic heterocycles. The molecule has 0 radical (unpaired) electrons. The van der Waals surface area contributed by atoms with Crippen LogP contribution in [-0.4, -0.2) is 66.7 Å². The van der Waals surface area contributed by atoms with Crippen molar-refractivity contribution < 1.29 is 13.6 Å². The Morgan fingerprint density at radius 1 is 1.39 bits per heavy atom. The number of nitrogens with one attached hydrogen (secondary N) is 1. The summed E-state index contributed by atoms with van der Waals surface area (Å²) < 4.78 is 28.7. The van der Waals surface area contributed by atoms with E-state index in [0.29, 0.717) is 12.4 Å². The third kappa shape index (κ3) is 4.67. The topological polar surface area (TPSA) is 79.2 Å². The summed E-state index contributed by atoms with van der Waals surface area (Å²) in [7, 11) is 1.83. The number of alkyl halides is 2. The van der Waals surface area contributed by atoms with Crippen molar-refractivity contribution in [1.82, 2.24) is 29.5 Å². The van der Waals surface area contributed by atoms with Gasteiger partial charge < -0.3 is 15.1 Å². The van der Waals surface area contributed by atoms with Gasteiger partial charge in [-0.05, 0) is 37.8 Å². The van der Waals surface area contributed by atoms with Crippen molar-refractivity contribution in [2.75, 3.05) is 18.4 Å². The molecule has 0 spiro atoms. The van der Waals surface area contributed by atoms with Gasteiger partial charge in [0, 0.05) is 39.0 Å². The Morgan fingerprint density at radius 2 is 2.19 bits per heavy atom. The molecule has 0 saturated carbocycles. The standard InChI is InChI=1S/C21H27F2N7O/c1-4-29(13-21(2,22)23)20(31)30-16-5-6-17(30)10-14(9-16)18-7-8-24-19(27-18)26-15-11-25-28(3)12-15/h7-9,11-12,16-17H,4-6,10,13H2,1-3H3,(H,24,26,27). The van der Waals surface area contributed by atoms with Gasteiger partial charge in [0.15, 0.2) is 0 Å². The molecule has 2 amide bonds. The highest BCUT2D eigenvalue weighted by molar-refractivity contribution is 5.78. The molecule has 2 aliphatic rings. The second kappa shape index (κ2) is 8.24. The number of hydrogen-bond donors (Lipinski definition) is 1. The summed E-state index contributed by atoms with van der Waals surface area (Å²) in [6, 6.07) is 1.42. The monoisotopic (exact) mass is 431 g/mol. The molecule has 2 aliphatic heterocycles. The number of urea groups is 1. The number of hydrogen-bond acceptors (Lipinski definition) is 5. The molecule has 8 nitrogen and oxygen atoms in total. The van der Waals surface area contributed by atoms with Crippen LogP contribution < -0.4 is 5.32 Å². The number of carbonyl (C=O) groups is 1. The first-order valence-corrected chi connectivity index (χ1v) is 10.5. The maximum absolute atomic E-state index is 13.5. The second-order valence-corrected chi connectivity index (χ2v) is 8.26. The van der Waals surface area contributed by atoms with Crippen LogP contribution in [0.25, 0.3) is 5.57 Å². The smallest absolute Gasteiger partial charge is 0.320 e. The van der Waals surface area contributed by atoms with E-state index in [1.807, 2.05) is 19.3 Å². The fraction of sp³-hybridized carbons (Fsp3) is 0.524. The number of anilines is 2. The number of fused-ring (bicyclic) bond motifs is 2.